The molecule has 1 aromatic heterocycles. The van der Waals surface area contributed by atoms with Gasteiger partial charge < -0.3 is 20.1 Å². The van der Waals surface area contributed by atoms with Gasteiger partial charge in [-0.1, -0.05) is 18.2 Å². The maximum atomic E-state index is 5.45. The van der Waals surface area contributed by atoms with Crippen molar-refractivity contribution >= 4 is 29.9 Å². The van der Waals surface area contributed by atoms with Crippen molar-refractivity contribution in [3.8, 4) is 17.2 Å². The third-order valence-electron chi connectivity index (χ3n) is 4.35. The van der Waals surface area contributed by atoms with Crippen LogP contribution in [0.3, 0.4) is 0 Å². The molecule has 3 rings (SSSR count). The number of hydrogen-bond donors (Lipinski definition) is 2. The zero-order valence-corrected chi connectivity index (χ0v) is 19.8. The van der Waals surface area contributed by atoms with Crippen LogP contribution < -0.4 is 20.1 Å². The van der Waals surface area contributed by atoms with Crippen LogP contribution in [0.4, 0.5) is 0 Å². The molecule has 8 heteroatoms. The Labute approximate surface area is 194 Å². The molecule has 0 amide bonds. The molecule has 30 heavy (non-hydrogen) atoms. The highest BCUT2D eigenvalue weighted by molar-refractivity contribution is 14.0. The van der Waals surface area contributed by atoms with Crippen LogP contribution >= 0.6 is 24.0 Å². The van der Waals surface area contributed by atoms with E-state index in [4.69, 9.17) is 9.47 Å². The number of nitrogens with zero attached hydrogens (tertiary/aromatic N) is 3. The number of aliphatic imine (C=N–C) groups is 1. The van der Waals surface area contributed by atoms with Crippen LogP contribution in [0.15, 0.2) is 65.8 Å². The van der Waals surface area contributed by atoms with E-state index in [2.05, 4.69) is 20.7 Å². The van der Waals surface area contributed by atoms with Gasteiger partial charge in [0.2, 0.25) is 0 Å². The summed E-state index contributed by atoms with van der Waals surface area (Å²) in [7, 11) is 3.29. The van der Waals surface area contributed by atoms with Crippen molar-refractivity contribution in [2.24, 2.45) is 4.99 Å². The number of methoxy groups -OCH3 is 2. The molecule has 0 saturated heterocycles. The monoisotopic (exact) mass is 521 g/mol. The van der Waals surface area contributed by atoms with Crippen molar-refractivity contribution in [3.63, 3.8) is 0 Å². The minimum atomic E-state index is 0. The highest BCUT2D eigenvalue weighted by Crippen LogP contribution is 2.25. The molecular weight excluding hydrogens is 493 g/mol. The van der Waals surface area contributed by atoms with Crippen LogP contribution in [0, 0.1) is 0 Å². The van der Waals surface area contributed by atoms with Gasteiger partial charge in [-0.25, -0.2) is 9.67 Å². The largest absolute Gasteiger partial charge is 0.497 e. The minimum absolute atomic E-state index is 0. The van der Waals surface area contributed by atoms with Gasteiger partial charge in [0.25, 0.3) is 0 Å². The van der Waals surface area contributed by atoms with Gasteiger partial charge in [0.15, 0.2) is 5.96 Å². The van der Waals surface area contributed by atoms with E-state index in [9.17, 15) is 0 Å². The smallest absolute Gasteiger partial charge is 0.191 e. The summed E-state index contributed by atoms with van der Waals surface area (Å²) in [6, 6.07) is 17.8. The molecule has 3 aromatic rings. The molecule has 0 unspecified atom stereocenters. The number of aromatic nitrogens is 2. The Bertz CT molecular complexity index is 944. The summed E-state index contributed by atoms with van der Waals surface area (Å²) in [5.74, 6) is 2.23. The summed E-state index contributed by atoms with van der Waals surface area (Å²) < 4.78 is 12.6. The molecular formula is C22H28IN5O2. The molecule has 0 spiro atoms. The maximum absolute atomic E-state index is 5.45. The van der Waals surface area contributed by atoms with E-state index in [1.807, 2.05) is 72.4 Å². The van der Waals surface area contributed by atoms with Gasteiger partial charge in [0.1, 0.15) is 11.5 Å². The second-order valence-corrected chi connectivity index (χ2v) is 6.31. The Morgan fingerprint density at radius 2 is 1.83 bits per heavy atom. The number of hydrogen-bond acceptors (Lipinski definition) is 4. The quantitative estimate of drug-likeness (QED) is 0.269. The molecule has 7 nitrogen and oxygen atoms in total. The molecule has 0 atom stereocenters. The zero-order chi connectivity index (χ0) is 20.5. The lowest BCUT2D eigenvalue weighted by Crippen LogP contribution is -2.36. The summed E-state index contributed by atoms with van der Waals surface area (Å²) >= 11 is 0. The van der Waals surface area contributed by atoms with Gasteiger partial charge in [0.05, 0.1) is 38.7 Å². The summed E-state index contributed by atoms with van der Waals surface area (Å²) in [6.07, 6.45) is 1.96. The number of benzene rings is 2. The first-order valence-electron chi connectivity index (χ1n) is 9.56. The topological polar surface area (TPSA) is 72.7 Å². The van der Waals surface area contributed by atoms with E-state index in [0.717, 1.165) is 40.9 Å². The first-order chi connectivity index (χ1) is 14.2. The fourth-order valence-corrected chi connectivity index (χ4v) is 2.84. The predicted octanol–water partition coefficient (Wildman–Crippen LogP) is 3.76. The number of ether oxygens (including phenoxy) is 2. The van der Waals surface area contributed by atoms with Crippen LogP contribution in [-0.2, 0) is 13.1 Å². The van der Waals surface area contributed by atoms with Gasteiger partial charge in [0, 0.05) is 24.4 Å². The SMILES string of the molecule is CCNC(=NCc1ccc(OC)cc1OC)NCc1ccn(-c2ccccc2)n1.I. The van der Waals surface area contributed by atoms with E-state index in [-0.39, 0.29) is 24.0 Å². The van der Waals surface area contributed by atoms with Crippen molar-refractivity contribution in [1.82, 2.24) is 20.4 Å². The Balaban J connectivity index is 0.00000320. The molecule has 0 fully saturated rings. The standard InChI is InChI=1S/C22H27N5O2.HI/c1-4-23-22(24-15-17-10-11-20(28-2)14-21(17)29-3)25-16-18-12-13-27(26-18)19-8-6-5-7-9-19;/h5-14H,4,15-16H2,1-3H3,(H2,23,24,25);1H. The van der Waals surface area contributed by atoms with Crippen molar-refractivity contribution in [2.75, 3.05) is 20.8 Å². The molecule has 160 valence electrons. The fraction of sp³-hybridized carbons (Fsp3) is 0.273. The number of rotatable bonds is 8. The average Bonchev–Trinajstić information content (AvgIpc) is 3.25. The Kier molecular flexibility index (Phi) is 9.46. The van der Waals surface area contributed by atoms with Crippen LogP contribution in [0.5, 0.6) is 11.5 Å². The van der Waals surface area contributed by atoms with Gasteiger partial charge in [-0.2, -0.15) is 5.10 Å². The van der Waals surface area contributed by atoms with Gasteiger partial charge >= 0.3 is 0 Å². The average molecular weight is 521 g/mol. The van der Waals surface area contributed by atoms with Crippen LogP contribution in [0.1, 0.15) is 18.2 Å². The first-order valence-corrected chi connectivity index (χ1v) is 9.56. The molecule has 2 N–H and O–H groups in total. The van der Waals surface area contributed by atoms with E-state index in [0.29, 0.717) is 13.1 Å². The van der Waals surface area contributed by atoms with Crippen LogP contribution in [-0.4, -0.2) is 36.5 Å². The molecule has 2 aromatic carbocycles. The van der Waals surface area contributed by atoms with E-state index in [1.54, 1.807) is 14.2 Å². The van der Waals surface area contributed by atoms with Crippen LogP contribution in [0.25, 0.3) is 5.69 Å². The van der Waals surface area contributed by atoms with Crippen molar-refractivity contribution in [1.29, 1.82) is 0 Å². The lowest BCUT2D eigenvalue weighted by Gasteiger charge is -2.12. The number of halogens is 1. The highest BCUT2D eigenvalue weighted by atomic mass is 127. The Morgan fingerprint density at radius 1 is 1.03 bits per heavy atom. The predicted molar refractivity (Wildman–Crippen MR) is 130 cm³/mol. The number of nitrogens with one attached hydrogen (secondary N) is 2. The van der Waals surface area contributed by atoms with Crippen molar-refractivity contribution in [2.45, 2.75) is 20.0 Å². The normalized spacial score (nSPS) is 10.8. The molecule has 0 radical (unpaired) electrons. The van der Waals surface area contributed by atoms with E-state index in [1.165, 1.54) is 0 Å². The second kappa shape index (κ2) is 12.1. The molecule has 0 saturated carbocycles. The lowest BCUT2D eigenvalue weighted by atomic mass is 10.2. The number of para-hydroxylation sites is 1. The lowest BCUT2D eigenvalue weighted by molar-refractivity contribution is 0.391. The van der Waals surface area contributed by atoms with Crippen LogP contribution in [0.2, 0.25) is 0 Å². The Morgan fingerprint density at radius 3 is 2.53 bits per heavy atom. The fourth-order valence-electron chi connectivity index (χ4n) is 2.84. The molecule has 0 aliphatic heterocycles. The highest BCUT2D eigenvalue weighted by Gasteiger charge is 2.06. The van der Waals surface area contributed by atoms with E-state index < -0.39 is 0 Å². The van der Waals surface area contributed by atoms with Gasteiger partial charge in [-0.05, 0) is 37.3 Å². The maximum Gasteiger partial charge on any atom is 0.191 e. The molecule has 0 aliphatic rings. The van der Waals surface area contributed by atoms with Gasteiger partial charge in [-0.15, -0.1) is 24.0 Å². The van der Waals surface area contributed by atoms with Crippen molar-refractivity contribution < 1.29 is 9.47 Å². The summed E-state index contributed by atoms with van der Waals surface area (Å²) in [5, 5.41) is 11.2. The summed E-state index contributed by atoms with van der Waals surface area (Å²) in [5.41, 5.74) is 2.95. The van der Waals surface area contributed by atoms with E-state index >= 15 is 0 Å². The minimum Gasteiger partial charge on any atom is -0.497 e. The summed E-state index contributed by atoms with van der Waals surface area (Å²) in [6.45, 7) is 3.87. The van der Waals surface area contributed by atoms with Crippen molar-refractivity contribution in [3.05, 3.63) is 72.1 Å². The third kappa shape index (κ3) is 6.38. The Hall–Kier alpha value is -2.75. The molecule has 1 heterocycles. The molecule has 0 aliphatic carbocycles. The van der Waals surface area contributed by atoms with Gasteiger partial charge in [-0.3, -0.25) is 0 Å². The second-order valence-electron chi connectivity index (χ2n) is 6.31. The first kappa shape index (κ1) is 23.5. The summed E-state index contributed by atoms with van der Waals surface area (Å²) in [4.78, 5) is 4.67. The number of guanidine groups is 1. The third-order valence-corrected chi connectivity index (χ3v) is 4.35. The zero-order valence-electron chi connectivity index (χ0n) is 17.5. The molecule has 0 bridgehead atoms.